The molecule has 1 amide bonds. The number of aliphatic hydroxyl groups is 1. The lowest BCUT2D eigenvalue weighted by molar-refractivity contribution is 0.0412. The van der Waals surface area contributed by atoms with Crippen molar-refractivity contribution in [1.82, 2.24) is 10.3 Å². The molecule has 148 valence electrons. The molecule has 0 aliphatic rings. The van der Waals surface area contributed by atoms with Crippen molar-refractivity contribution in [3.63, 3.8) is 0 Å². The summed E-state index contributed by atoms with van der Waals surface area (Å²) in [6.45, 7) is 7.65. The quantitative estimate of drug-likeness (QED) is 0.380. The summed E-state index contributed by atoms with van der Waals surface area (Å²) in [5, 5.41) is 14.2. The maximum atomic E-state index is 12.2. The lowest BCUT2D eigenvalue weighted by Crippen LogP contribution is -2.42. The van der Waals surface area contributed by atoms with Gasteiger partial charge in [0.15, 0.2) is 0 Å². The first-order valence-corrected chi connectivity index (χ1v) is 9.77. The zero-order chi connectivity index (χ0) is 20.0. The molecule has 1 aromatic heterocycles. The number of aliphatic imine (C=N–C) groups is 1. The van der Waals surface area contributed by atoms with Gasteiger partial charge in [-0.2, -0.15) is 0 Å². The molecule has 1 aromatic carbocycles. The Labute approximate surface area is 163 Å². The number of amidine groups is 1. The molecule has 2 rings (SSSR count). The van der Waals surface area contributed by atoms with Gasteiger partial charge < -0.3 is 20.9 Å². The number of nitrogens with two attached hydrogens (primary N) is 1. The largest absolute Gasteiger partial charge is 0.444 e. The molecule has 0 radical (unpaired) electrons. The fraction of sp³-hybridized carbons (Fsp3) is 0.526. The highest BCUT2D eigenvalue weighted by atomic mass is 32.1. The first-order valence-electron chi connectivity index (χ1n) is 8.95. The summed E-state index contributed by atoms with van der Waals surface area (Å²) >= 11 is 1.42. The van der Waals surface area contributed by atoms with Gasteiger partial charge in [-0.05, 0) is 52.7 Å². The summed E-state index contributed by atoms with van der Waals surface area (Å²) in [4.78, 5) is 20.9. The molecule has 0 bridgehead atoms. The molecule has 0 aliphatic carbocycles. The third-order valence-corrected chi connectivity index (χ3v) is 4.79. The molecule has 2 aromatic rings. The van der Waals surface area contributed by atoms with Crippen molar-refractivity contribution >= 4 is 33.5 Å². The molecular formula is C19H28N4O3S. The summed E-state index contributed by atoms with van der Waals surface area (Å²) in [7, 11) is 0. The van der Waals surface area contributed by atoms with Gasteiger partial charge in [-0.25, -0.2) is 9.78 Å². The van der Waals surface area contributed by atoms with E-state index in [4.69, 9.17) is 10.5 Å². The van der Waals surface area contributed by atoms with Crippen molar-refractivity contribution in [2.24, 2.45) is 10.7 Å². The number of aliphatic hydroxyl groups excluding tert-OH is 1. The van der Waals surface area contributed by atoms with E-state index >= 15 is 0 Å². The van der Waals surface area contributed by atoms with Crippen LogP contribution in [0.15, 0.2) is 29.3 Å². The molecule has 27 heavy (non-hydrogen) atoms. The van der Waals surface area contributed by atoms with Crippen molar-refractivity contribution in [2.75, 3.05) is 6.54 Å². The van der Waals surface area contributed by atoms with Gasteiger partial charge in [-0.3, -0.25) is 4.99 Å². The zero-order valence-corrected chi connectivity index (χ0v) is 17.0. The maximum Gasteiger partial charge on any atom is 0.407 e. The number of hydrogen-bond acceptors (Lipinski definition) is 6. The lowest BCUT2D eigenvalue weighted by atomic mass is 10.1. The number of amides is 1. The Bertz CT molecular complexity index is 761. The van der Waals surface area contributed by atoms with E-state index in [1.165, 1.54) is 11.3 Å². The molecule has 2 atom stereocenters. The van der Waals surface area contributed by atoms with E-state index in [0.29, 0.717) is 30.2 Å². The smallest absolute Gasteiger partial charge is 0.407 e. The fourth-order valence-electron chi connectivity index (χ4n) is 2.52. The standard InChI is InChI=1S/C19H28N4O3S/c1-12(20)21-11-7-9-14(23-18(25)26-19(2,3)4)16(24)17-22-13-8-5-6-10-15(13)27-17/h5-6,8,10,14,16,24H,7,9,11H2,1-4H3,(H2,20,21)(H,23,25). The normalized spacial score (nSPS) is 14.8. The Morgan fingerprint density at radius 3 is 2.74 bits per heavy atom. The van der Waals surface area contributed by atoms with E-state index in [2.05, 4.69) is 15.3 Å². The Balaban J connectivity index is 2.13. The van der Waals surface area contributed by atoms with Gasteiger partial charge in [0.25, 0.3) is 0 Å². The number of nitrogens with one attached hydrogen (secondary N) is 1. The number of rotatable bonds is 7. The second kappa shape index (κ2) is 9.14. The Morgan fingerprint density at radius 1 is 1.41 bits per heavy atom. The number of carbonyl (C=O) groups excluding carboxylic acids is 1. The van der Waals surface area contributed by atoms with Crippen molar-refractivity contribution in [3.05, 3.63) is 29.3 Å². The van der Waals surface area contributed by atoms with Gasteiger partial charge in [0.2, 0.25) is 0 Å². The number of benzene rings is 1. The van der Waals surface area contributed by atoms with Crippen LogP contribution in [0.3, 0.4) is 0 Å². The average Bonchev–Trinajstić information content (AvgIpc) is 2.99. The number of thiazole rings is 1. The summed E-state index contributed by atoms with van der Waals surface area (Å²) in [5.41, 5.74) is 5.77. The molecule has 0 aliphatic heterocycles. The first-order chi connectivity index (χ1) is 12.7. The van der Waals surface area contributed by atoms with Crippen LogP contribution in [-0.4, -0.2) is 40.2 Å². The molecule has 4 N–H and O–H groups in total. The Morgan fingerprint density at radius 2 is 2.11 bits per heavy atom. The second-order valence-corrected chi connectivity index (χ2v) is 8.44. The minimum absolute atomic E-state index is 0.512. The Kier molecular flexibility index (Phi) is 7.15. The minimum atomic E-state index is -0.933. The van der Waals surface area contributed by atoms with E-state index in [1.54, 1.807) is 27.7 Å². The number of nitrogens with zero attached hydrogens (tertiary/aromatic N) is 2. The van der Waals surface area contributed by atoms with Gasteiger partial charge in [0, 0.05) is 6.54 Å². The maximum absolute atomic E-state index is 12.2. The van der Waals surface area contributed by atoms with Crippen LogP contribution in [0.1, 0.15) is 51.6 Å². The van der Waals surface area contributed by atoms with Crippen LogP contribution in [0.2, 0.25) is 0 Å². The third-order valence-electron chi connectivity index (χ3n) is 3.68. The molecule has 0 saturated heterocycles. The van der Waals surface area contributed by atoms with Crippen LogP contribution in [-0.2, 0) is 4.74 Å². The zero-order valence-electron chi connectivity index (χ0n) is 16.2. The fourth-order valence-corrected chi connectivity index (χ4v) is 3.54. The second-order valence-electron chi connectivity index (χ2n) is 7.38. The van der Waals surface area contributed by atoms with Crippen LogP contribution in [0.25, 0.3) is 10.2 Å². The predicted octanol–water partition coefficient (Wildman–Crippen LogP) is 3.38. The summed E-state index contributed by atoms with van der Waals surface area (Å²) in [6.07, 6.45) is -0.312. The highest BCUT2D eigenvalue weighted by Gasteiger charge is 2.27. The van der Waals surface area contributed by atoms with Gasteiger partial charge in [-0.1, -0.05) is 12.1 Å². The van der Waals surface area contributed by atoms with Crippen molar-refractivity contribution in [3.8, 4) is 0 Å². The monoisotopic (exact) mass is 392 g/mol. The summed E-state index contributed by atoms with van der Waals surface area (Å²) in [5.74, 6) is 0.512. The number of alkyl carbamates (subject to hydrolysis) is 1. The summed E-state index contributed by atoms with van der Waals surface area (Å²) in [6, 6.07) is 7.16. The third kappa shape index (κ3) is 6.80. The number of ether oxygens (including phenoxy) is 1. The lowest BCUT2D eigenvalue weighted by Gasteiger charge is -2.25. The summed E-state index contributed by atoms with van der Waals surface area (Å²) < 4.78 is 6.32. The number of fused-ring (bicyclic) bond motifs is 1. The highest BCUT2D eigenvalue weighted by Crippen LogP contribution is 2.29. The molecular weight excluding hydrogens is 364 g/mol. The van der Waals surface area contributed by atoms with Gasteiger partial charge >= 0.3 is 6.09 Å². The van der Waals surface area contributed by atoms with Crippen LogP contribution >= 0.6 is 11.3 Å². The van der Waals surface area contributed by atoms with Crippen molar-refractivity contribution in [1.29, 1.82) is 0 Å². The number of para-hydroxylation sites is 1. The molecule has 2 unspecified atom stereocenters. The first kappa shape index (κ1) is 21.1. The minimum Gasteiger partial charge on any atom is -0.444 e. The van der Waals surface area contributed by atoms with Crippen LogP contribution in [0.5, 0.6) is 0 Å². The van der Waals surface area contributed by atoms with Crippen molar-refractivity contribution < 1.29 is 14.6 Å². The van der Waals surface area contributed by atoms with Gasteiger partial charge in [0.1, 0.15) is 16.7 Å². The number of hydrogen-bond donors (Lipinski definition) is 3. The Hall–Kier alpha value is -2.19. The van der Waals surface area contributed by atoms with E-state index < -0.39 is 23.8 Å². The molecule has 7 nitrogen and oxygen atoms in total. The van der Waals surface area contributed by atoms with E-state index in [9.17, 15) is 9.90 Å². The predicted molar refractivity (Wildman–Crippen MR) is 109 cm³/mol. The van der Waals surface area contributed by atoms with Crippen molar-refractivity contribution in [2.45, 2.75) is 58.3 Å². The molecule has 0 fully saturated rings. The number of carbonyl (C=O) groups is 1. The molecule has 0 saturated carbocycles. The van der Waals surface area contributed by atoms with E-state index in [1.807, 2.05) is 24.3 Å². The SMILES string of the molecule is CC(N)=NCCCC(NC(=O)OC(C)(C)C)C(O)c1nc2ccccc2s1. The van der Waals surface area contributed by atoms with Crippen LogP contribution < -0.4 is 11.1 Å². The van der Waals surface area contributed by atoms with Gasteiger partial charge in [-0.15, -0.1) is 11.3 Å². The van der Waals surface area contributed by atoms with E-state index in [-0.39, 0.29) is 0 Å². The topological polar surface area (TPSA) is 110 Å². The molecule has 0 spiro atoms. The van der Waals surface area contributed by atoms with Gasteiger partial charge in [0.05, 0.1) is 22.1 Å². The molecule has 8 heteroatoms. The molecule has 1 heterocycles. The number of aromatic nitrogens is 1. The van der Waals surface area contributed by atoms with Crippen LogP contribution in [0, 0.1) is 0 Å². The van der Waals surface area contributed by atoms with E-state index in [0.717, 1.165) is 10.2 Å². The highest BCUT2D eigenvalue weighted by molar-refractivity contribution is 7.18. The average molecular weight is 393 g/mol. The van der Waals surface area contributed by atoms with Crippen LogP contribution in [0.4, 0.5) is 4.79 Å².